The molecule has 1 heterocycles. The summed E-state index contributed by atoms with van der Waals surface area (Å²) >= 11 is 0. The number of aryl methyl sites for hydroxylation is 1. The van der Waals surface area contributed by atoms with E-state index in [9.17, 15) is 4.79 Å². The van der Waals surface area contributed by atoms with Crippen molar-refractivity contribution in [3.8, 4) is 11.3 Å². The molecule has 1 aromatic carbocycles. The van der Waals surface area contributed by atoms with Gasteiger partial charge in [-0.2, -0.15) is 0 Å². The van der Waals surface area contributed by atoms with Crippen molar-refractivity contribution in [3.05, 3.63) is 53.7 Å². The van der Waals surface area contributed by atoms with E-state index in [4.69, 9.17) is 4.52 Å². The molecule has 22 heavy (non-hydrogen) atoms. The Kier molecular flexibility index (Phi) is 4.37. The first-order valence-corrected chi connectivity index (χ1v) is 7.67. The standard InChI is InChI=1S/C18H20N2O2/c1-13-6-8-15(9-7-13)17-11-16(20-22-17)12-19-18(21)10-14-4-2-3-5-14/h2,4,6-9,11,14H,3,5,10,12H2,1H3,(H,19,21)/t14-/m1/s1. The Hall–Kier alpha value is -2.36. The van der Waals surface area contributed by atoms with Crippen molar-refractivity contribution in [1.29, 1.82) is 0 Å². The largest absolute Gasteiger partial charge is 0.356 e. The number of rotatable bonds is 5. The minimum Gasteiger partial charge on any atom is -0.356 e. The summed E-state index contributed by atoms with van der Waals surface area (Å²) in [6.45, 7) is 2.45. The number of carbonyl (C=O) groups excluding carboxylic acids is 1. The number of hydrogen-bond donors (Lipinski definition) is 1. The van der Waals surface area contributed by atoms with Crippen LogP contribution in [0, 0.1) is 12.8 Å². The highest BCUT2D eigenvalue weighted by Crippen LogP contribution is 2.21. The topological polar surface area (TPSA) is 55.1 Å². The fourth-order valence-corrected chi connectivity index (χ4v) is 2.61. The zero-order valence-corrected chi connectivity index (χ0v) is 12.7. The number of aromatic nitrogens is 1. The van der Waals surface area contributed by atoms with Gasteiger partial charge in [-0.25, -0.2) is 0 Å². The van der Waals surface area contributed by atoms with Crippen LogP contribution in [-0.2, 0) is 11.3 Å². The van der Waals surface area contributed by atoms with Gasteiger partial charge in [0.1, 0.15) is 5.69 Å². The molecule has 2 aromatic rings. The molecule has 0 aliphatic heterocycles. The summed E-state index contributed by atoms with van der Waals surface area (Å²) in [6.07, 6.45) is 6.99. The maximum atomic E-state index is 11.9. The Labute approximate surface area is 130 Å². The Morgan fingerprint density at radius 1 is 1.36 bits per heavy atom. The molecule has 0 saturated heterocycles. The molecule has 0 fully saturated rings. The van der Waals surface area contributed by atoms with Gasteiger partial charge in [0.25, 0.3) is 0 Å². The van der Waals surface area contributed by atoms with Gasteiger partial charge in [0, 0.05) is 18.1 Å². The molecule has 1 aromatic heterocycles. The third-order valence-electron chi connectivity index (χ3n) is 3.92. The van der Waals surface area contributed by atoms with Gasteiger partial charge < -0.3 is 9.84 Å². The number of carbonyl (C=O) groups is 1. The summed E-state index contributed by atoms with van der Waals surface area (Å²) in [6, 6.07) is 9.96. The molecule has 0 bridgehead atoms. The van der Waals surface area contributed by atoms with Crippen LogP contribution in [0.15, 0.2) is 47.0 Å². The van der Waals surface area contributed by atoms with Crippen LogP contribution >= 0.6 is 0 Å². The molecule has 0 radical (unpaired) electrons. The molecule has 114 valence electrons. The van der Waals surface area contributed by atoms with Crippen molar-refractivity contribution in [2.75, 3.05) is 0 Å². The average Bonchev–Trinajstić information content (AvgIpc) is 3.17. The lowest BCUT2D eigenvalue weighted by atomic mass is 10.1. The summed E-state index contributed by atoms with van der Waals surface area (Å²) in [4.78, 5) is 11.9. The molecule has 0 spiro atoms. The van der Waals surface area contributed by atoms with Gasteiger partial charge in [-0.15, -0.1) is 0 Å². The number of nitrogens with one attached hydrogen (secondary N) is 1. The minimum absolute atomic E-state index is 0.0661. The van der Waals surface area contributed by atoms with Crippen LogP contribution in [0.25, 0.3) is 11.3 Å². The van der Waals surface area contributed by atoms with E-state index in [-0.39, 0.29) is 5.91 Å². The number of allylic oxidation sites excluding steroid dienone is 2. The number of nitrogens with zero attached hydrogens (tertiary/aromatic N) is 1. The summed E-state index contributed by atoms with van der Waals surface area (Å²) in [5.74, 6) is 1.18. The van der Waals surface area contributed by atoms with Gasteiger partial charge in [0.05, 0.1) is 6.54 Å². The molecule has 1 amide bonds. The first-order valence-electron chi connectivity index (χ1n) is 7.67. The van der Waals surface area contributed by atoms with Gasteiger partial charge in [-0.1, -0.05) is 47.1 Å². The van der Waals surface area contributed by atoms with Gasteiger partial charge in [-0.05, 0) is 25.7 Å². The van der Waals surface area contributed by atoms with Crippen LogP contribution in [-0.4, -0.2) is 11.1 Å². The molecule has 4 heteroatoms. The van der Waals surface area contributed by atoms with Crippen molar-refractivity contribution in [2.45, 2.75) is 32.7 Å². The smallest absolute Gasteiger partial charge is 0.220 e. The highest BCUT2D eigenvalue weighted by molar-refractivity contribution is 5.76. The molecule has 1 atom stereocenters. The molecule has 0 saturated carbocycles. The predicted octanol–water partition coefficient (Wildman–Crippen LogP) is 3.62. The summed E-state index contributed by atoms with van der Waals surface area (Å²) < 4.78 is 5.34. The second-order valence-electron chi connectivity index (χ2n) is 5.79. The third-order valence-corrected chi connectivity index (χ3v) is 3.92. The lowest BCUT2D eigenvalue weighted by Gasteiger charge is -2.07. The van der Waals surface area contributed by atoms with Gasteiger partial charge >= 0.3 is 0 Å². The quantitative estimate of drug-likeness (QED) is 0.857. The fraction of sp³-hybridized carbons (Fsp3) is 0.333. The van der Waals surface area contributed by atoms with E-state index in [1.807, 2.05) is 37.3 Å². The highest BCUT2D eigenvalue weighted by Gasteiger charge is 2.14. The van der Waals surface area contributed by atoms with E-state index in [0.29, 0.717) is 18.9 Å². The maximum Gasteiger partial charge on any atom is 0.220 e. The predicted molar refractivity (Wildman–Crippen MR) is 85.0 cm³/mol. The van der Waals surface area contributed by atoms with Crippen LogP contribution < -0.4 is 5.32 Å². The van der Waals surface area contributed by atoms with Crippen LogP contribution in [0.2, 0.25) is 0 Å². The second-order valence-corrected chi connectivity index (χ2v) is 5.79. The monoisotopic (exact) mass is 296 g/mol. The molecule has 1 aliphatic carbocycles. The summed E-state index contributed by atoms with van der Waals surface area (Å²) in [5, 5.41) is 6.92. The molecule has 1 aliphatic rings. The highest BCUT2D eigenvalue weighted by atomic mass is 16.5. The van der Waals surface area contributed by atoms with E-state index in [1.165, 1.54) is 5.56 Å². The molecular weight excluding hydrogens is 276 g/mol. The van der Waals surface area contributed by atoms with Crippen LogP contribution in [0.1, 0.15) is 30.5 Å². The van der Waals surface area contributed by atoms with Crippen molar-refractivity contribution >= 4 is 5.91 Å². The SMILES string of the molecule is Cc1ccc(-c2cc(CNC(=O)C[C@@H]3C=CCC3)no2)cc1. The Morgan fingerprint density at radius 3 is 2.91 bits per heavy atom. The van der Waals surface area contributed by atoms with E-state index in [0.717, 1.165) is 29.9 Å². The van der Waals surface area contributed by atoms with E-state index >= 15 is 0 Å². The average molecular weight is 296 g/mol. The zero-order valence-electron chi connectivity index (χ0n) is 12.7. The minimum atomic E-state index is 0.0661. The van der Waals surface area contributed by atoms with Crippen molar-refractivity contribution in [2.24, 2.45) is 5.92 Å². The second kappa shape index (κ2) is 6.60. The number of hydrogen-bond acceptors (Lipinski definition) is 3. The molecular formula is C18H20N2O2. The van der Waals surface area contributed by atoms with Crippen LogP contribution in [0.5, 0.6) is 0 Å². The van der Waals surface area contributed by atoms with Crippen molar-refractivity contribution in [3.63, 3.8) is 0 Å². The van der Waals surface area contributed by atoms with Gasteiger partial charge in [0.2, 0.25) is 5.91 Å². The molecule has 0 unspecified atom stereocenters. The van der Waals surface area contributed by atoms with Crippen molar-refractivity contribution < 1.29 is 9.32 Å². The normalized spacial score (nSPS) is 16.9. The first-order chi connectivity index (χ1) is 10.7. The Bertz CT molecular complexity index is 671. The lowest BCUT2D eigenvalue weighted by molar-refractivity contribution is -0.121. The lowest BCUT2D eigenvalue weighted by Crippen LogP contribution is -2.24. The van der Waals surface area contributed by atoms with Crippen LogP contribution in [0.3, 0.4) is 0 Å². The Balaban J connectivity index is 1.54. The fourth-order valence-electron chi connectivity index (χ4n) is 2.61. The first kappa shape index (κ1) is 14.6. The molecule has 1 N–H and O–H groups in total. The van der Waals surface area contributed by atoms with Crippen LogP contribution in [0.4, 0.5) is 0 Å². The summed E-state index contributed by atoms with van der Waals surface area (Å²) in [5.41, 5.74) is 2.94. The van der Waals surface area contributed by atoms with Crippen molar-refractivity contribution in [1.82, 2.24) is 10.5 Å². The van der Waals surface area contributed by atoms with E-state index < -0.39 is 0 Å². The number of benzene rings is 1. The van der Waals surface area contributed by atoms with Gasteiger partial charge in [0.15, 0.2) is 5.76 Å². The summed E-state index contributed by atoms with van der Waals surface area (Å²) in [7, 11) is 0. The Morgan fingerprint density at radius 2 is 2.18 bits per heavy atom. The third kappa shape index (κ3) is 3.64. The van der Waals surface area contributed by atoms with Gasteiger partial charge in [-0.3, -0.25) is 4.79 Å². The number of amides is 1. The van der Waals surface area contributed by atoms with E-state index in [2.05, 4.69) is 22.6 Å². The molecule has 3 rings (SSSR count). The van der Waals surface area contributed by atoms with E-state index in [1.54, 1.807) is 0 Å². The maximum absolute atomic E-state index is 11.9. The zero-order chi connectivity index (χ0) is 15.4. The molecule has 4 nitrogen and oxygen atoms in total.